The summed E-state index contributed by atoms with van der Waals surface area (Å²) in [6, 6.07) is 15.5. The molecule has 0 radical (unpaired) electrons. The number of amides is 1. The molecular formula is C27H27N3O4. The number of carbonyl (C=O) groups is 1. The molecule has 7 nitrogen and oxygen atoms in total. The smallest absolute Gasteiger partial charge is 0.411 e. The van der Waals surface area contributed by atoms with E-state index in [4.69, 9.17) is 9.26 Å². The van der Waals surface area contributed by atoms with E-state index in [0.717, 1.165) is 53.4 Å². The first-order valence-electron chi connectivity index (χ1n) is 11.9. The van der Waals surface area contributed by atoms with Crippen LogP contribution in [0.1, 0.15) is 45.1 Å². The molecular weight excluding hydrogens is 430 g/mol. The summed E-state index contributed by atoms with van der Waals surface area (Å²) < 4.78 is 13.4. The number of ether oxygens (including phenoxy) is 1. The van der Waals surface area contributed by atoms with E-state index in [1.54, 1.807) is 12.3 Å². The summed E-state index contributed by atoms with van der Waals surface area (Å²) in [4.78, 5) is 12.3. The maximum Gasteiger partial charge on any atom is 0.411 e. The van der Waals surface area contributed by atoms with Crippen LogP contribution in [0.4, 0.5) is 10.5 Å². The van der Waals surface area contributed by atoms with Gasteiger partial charge < -0.3 is 18.9 Å². The molecule has 0 saturated heterocycles. The largest absolute Gasteiger partial charge is 0.508 e. The minimum Gasteiger partial charge on any atom is -0.508 e. The number of rotatable bonds is 6. The van der Waals surface area contributed by atoms with E-state index in [2.05, 4.69) is 15.0 Å². The van der Waals surface area contributed by atoms with Gasteiger partial charge in [0.2, 0.25) is 0 Å². The topological polar surface area (TPSA) is 89.5 Å². The van der Waals surface area contributed by atoms with Crippen LogP contribution in [0.2, 0.25) is 0 Å². The van der Waals surface area contributed by atoms with Crippen LogP contribution in [0.15, 0.2) is 59.3 Å². The highest BCUT2D eigenvalue weighted by atomic mass is 16.6. The van der Waals surface area contributed by atoms with Gasteiger partial charge in [0.25, 0.3) is 0 Å². The lowest BCUT2D eigenvalue weighted by molar-refractivity contribution is 0.108. The number of hydrogen-bond acceptors (Lipinski definition) is 5. The second kappa shape index (κ2) is 8.24. The minimum absolute atomic E-state index is 0.0571. The summed E-state index contributed by atoms with van der Waals surface area (Å²) in [6.07, 6.45) is 6.79. The summed E-state index contributed by atoms with van der Waals surface area (Å²) >= 11 is 0. The first kappa shape index (κ1) is 20.8. The molecule has 1 unspecified atom stereocenters. The Morgan fingerprint density at radius 3 is 2.59 bits per heavy atom. The first-order chi connectivity index (χ1) is 16.6. The van der Waals surface area contributed by atoms with Crippen molar-refractivity contribution in [2.75, 3.05) is 5.32 Å². The Morgan fingerprint density at radius 2 is 1.94 bits per heavy atom. The van der Waals surface area contributed by atoms with E-state index in [0.29, 0.717) is 23.4 Å². The van der Waals surface area contributed by atoms with Crippen molar-refractivity contribution in [3.05, 3.63) is 54.7 Å². The van der Waals surface area contributed by atoms with Crippen molar-refractivity contribution < 1.29 is 19.2 Å². The summed E-state index contributed by atoms with van der Waals surface area (Å²) in [6.45, 7) is 1.95. The van der Waals surface area contributed by atoms with Crippen LogP contribution >= 0.6 is 0 Å². The lowest BCUT2D eigenvalue weighted by Gasteiger charge is -2.30. The fourth-order valence-corrected chi connectivity index (χ4v) is 4.89. The molecule has 1 atom stereocenters. The second-order valence-corrected chi connectivity index (χ2v) is 9.41. The van der Waals surface area contributed by atoms with Crippen LogP contribution in [0.5, 0.6) is 5.75 Å². The Bertz CT molecular complexity index is 1330. The van der Waals surface area contributed by atoms with Gasteiger partial charge in [0.05, 0.1) is 23.0 Å². The van der Waals surface area contributed by atoms with Gasteiger partial charge in [-0.05, 0) is 74.8 Å². The molecule has 174 valence electrons. The van der Waals surface area contributed by atoms with Gasteiger partial charge in [-0.15, -0.1) is 0 Å². The van der Waals surface area contributed by atoms with Gasteiger partial charge in [-0.3, -0.25) is 5.32 Å². The third kappa shape index (κ3) is 3.71. The number of anilines is 1. The van der Waals surface area contributed by atoms with Crippen LogP contribution in [-0.4, -0.2) is 27.0 Å². The van der Waals surface area contributed by atoms with Crippen molar-refractivity contribution in [1.29, 1.82) is 0 Å². The lowest BCUT2D eigenvalue weighted by atomic mass is 9.92. The van der Waals surface area contributed by atoms with Crippen molar-refractivity contribution in [3.63, 3.8) is 0 Å². The van der Waals surface area contributed by atoms with E-state index >= 15 is 0 Å². The number of carbonyl (C=O) groups excluding carboxylic acids is 1. The van der Waals surface area contributed by atoms with Crippen molar-refractivity contribution in [2.45, 2.75) is 51.2 Å². The van der Waals surface area contributed by atoms with Crippen LogP contribution in [0, 0.1) is 5.92 Å². The highest BCUT2D eigenvalue weighted by molar-refractivity contribution is 6.04. The van der Waals surface area contributed by atoms with Crippen LogP contribution in [0.25, 0.3) is 33.5 Å². The predicted molar refractivity (Wildman–Crippen MR) is 130 cm³/mol. The van der Waals surface area contributed by atoms with E-state index in [-0.39, 0.29) is 11.9 Å². The van der Waals surface area contributed by atoms with Gasteiger partial charge in [0, 0.05) is 29.2 Å². The highest BCUT2D eigenvalue weighted by Crippen LogP contribution is 2.47. The Labute approximate surface area is 197 Å². The molecule has 2 aliphatic carbocycles. The number of nitrogens with zero attached hydrogens (tertiary/aromatic N) is 2. The van der Waals surface area contributed by atoms with Gasteiger partial charge in [-0.2, -0.15) is 0 Å². The monoisotopic (exact) mass is 457 g/mol. The van der Waals surface area contributed by atoms with E-state index < -0.39 is 6.09 Å². The standard InChI is InChI=1S/C27H27N3O4/c1-16(17-5-6-17)33-27(32)29-19-9-7-18(8-10-19)26-25(24-13-14-28-34-24)22-12-11-21(31)15-23(22)30(26)20-3-2-4-20/h7-17,20,31H,2-6H2,1H3,(H,29,32). The number of nitrogens with one attached hydrogen (secondary N) is 1. The van der Waals surface area contributed by atoms with E-state index in [1.807, 2.05) is 49.4 Å². The highest BCUT2D eigenvalue weighted by Gasteiger charge is 2.31. The molecule has 2 aromatic heterocycles. The zero-order chi connectivity index (χ0) is 23.2. The minimum atomic E-state index is -0.423. The van der Waals surface area contributed by atoms with Crippen LogP contribution in [-0.2, 0) is 4.74 Å². The fourth-order valence-electron chi connectivity index (χ4n) is 4.89. The molecule has 0 aliphatic heterocycles. The number of benzene rings is 2. The van der Waals surface area contributed by atoms with Gasteiger partial charge in [-0.25, -0.2) is 4.79 Å². The number of fused-ring (bicyclic) bond motifs is 1. The summed E-state index contributed by atoms with van der Waals surface area (Å²) in [5.74, 6) is 1.42. The molecule has 2 heterocycles. The van der Waals surface area contributed by atoms with Crippen LogP contribution in [0.3, 0.4) is 0 Å². The van der Waals surface area contributed by atoms with Gasteiger partial charge in [0.15, 0.2) is 5.76 Å². The molecule has 0 spiro atoms. The average molecular weight is 458 g/mol. The van der Waals surface area contributed by atoms with Gasteiger partial charge >= 0.3 is 6.09 Å². The van der Waals surface area contributed by atoms with Gasteiger partial charge in [-0.1, -0.05) is 17.3 Å². The normalized spacial score (nSPS) is 16.9. The van der Waals surface area contributed by atoms with Crippen LogP contribution < -0.4 is 5.32 Å². The van der Waals surface area contributed by atoms with Gasteiger partial charge in [0.1, 0.15) is 11.9 Å². The number of aromatic hydroxyl groups is 1. The molecule has 2 N–H and O–H groups in total. The molecule has 2 aliphatic rings. The molecule has 2 aromatic carbocycles. The molecule has 34 heavy (non-hydrogen) atoms. The molecule has 7 heteroatoms. The lowest BCUT2D eigenvalue weighted by Crippen LogP contribution is -2.21. The third-order valence-electron chi connectivity index (χ3n) is 7.10. The van der Waals surface area contributed by atoms with E-state index in [1.165, 1.54) is 6.42 Å². The molecule has 6 rings (SSSR count). The van der Waals surface area contributed by atoms with Crippen molar-refractivity contribution in [2.24, 2.45) is 5.92 Å². The molecule has 1 amide bonds. The summed E-state index contributed by atoms with van der Waals surface area (Å²) in [7, 11) is 0. The number of phenols is 1. The first-order valence-corrected chi connectivity index (χ1v) is 11.9. The maximum absolute atomic E-state index is 12.3. The Hall–Kier alpha value is -3.74. The number of hydrogen-bond donors (Lipinski definition) is 2. The third-order valence-corrected chi connectivity index (χ3v) is 7.10. The zero-order valence-corrected chi connectivity index (χ0v) is 19.0. The molecule has 4 aromatic rings. The SMILES string of the molecule is CC(OC(=O)Nc1ccc(-c2c(-c3ccno3)c3ccc(O)cc3n2C2CCC2)cc1)C1CC1. The fraction of sp³-hybridized carbons (Fsp3) is 0.333. The molecule has 2 saturated carbocycles. The van der Waals surface area contributed by atoms with Crippen molar-refractivity contribution in [1.82, 2.24) is 9.72 Å². The zero-order valence-electron chi connectivity index (χ0n) is 19.0. The predicted octanol–water partition coefficient (Wildman–Crippen LogP) is 6.74. The maximum atomic E-state index is 12.3. The summed E-state index contributed by atoms with van der Waals surface area (Å²) in [5, 5.41) is 18.0. The number of phenolic OH excluding ortho intramolecular Hbond substituents is 1. The Kier molecular flexibility index (Phi) is 5.05. The molecule has 0 bridgehead atoms. The quantitative estimate of drug-likeness (QED) is 0.335. The number of aromatic nitrogens is 2. The van der Waals surface area contributed by atoms with Crippen molar-refractivity contribution in [3.8, 4) is 28.3 Å². The Morgan fingerprint density at radius 1 is 1.15 bits per heavy atom. The second-order valence-electron chi connectivity index (χ2n) is 9.41. The average Bonchev–Trinajstić information content (AvgIpc) is 3.42. The van der Waals surface area contributed by atoms with E-state index in [9.17, 15) is 9.90 Å². The Balaban J connectivity index is 1.40. The summed E-state index contributed by atoms with van der Waals surface area (Å²) in [5.41, 5.74) is 4.64. The molecule has 2 fully saturated rings. The van der Waals surface area contributed by atoms with Crippen molar-refractivity contribution >= 4 is 22.7 Å².